The highest BCUT2D eigenvalue weighted by Gasteiger charge is 2.25. The molecule has 0 bridgehead atoms. The van der Waals surface area contributed by atoms with Gasteiger partial charge in [-0.15, -0.1) is 0 Å². The van der Waals surface area contributed by atoms with Crippen LogP contribution in [0.3, 0.4) is 0 Å². The second-order valence-corrected chi connectivity index (χ2v) is 5.81. The summed E-state index contributed by atoms with van der Waals surface area (Å²) in [5.41, 5.74) is 0.901. The molecule has 15 heavy (non-hydrogen) atoms. The first-order valence-corrected chi connectivity index (χ1v) is 6.12. The van der Waals surface area contributed by atoms with Crippen molar-refractivity contribution in [2.75, 3.05) is 0 Å². The third-order valence-corrected chi connectivity index (χ3v) is 3.61. The summed E-state index contributed by atoms with van der Waals surface area (Å²) in [6.07, 6.45) is 3.65. The number of rotatable bonds is 3. The van der Waals surface area contributed by atoms with E-state index in [4.69, 9.17) is 16.7 Å². The third-order valence-electron chi connectivity index (χ3n) is 2.09. The first-order chi connectivity index (χ1) is 6.93. The molecule has 82 valence electrons. The van der Waals surface area contributed by atoms with Crippen LogP contribution < -0.4 is 5.14 Å². The SMILES string of the molecule is CC(C)(C=Cc1ccccc1Cl)[S+](N)[O-]. The van der Waals surface area contributed by atoms with E-state index in [0.29, 0.717) is 5.02 Å². The monoisotopic (exact) mass is 243 g/mol. The normalized spacial score (nSPS) is 14.5. The van der Waals surface area contributed by atoms with Crippen molar-refractivity contribution in [3.63, 3.8) is 0 Å². The minimum atomic E-state index is -1.39. The smallest absolute Gasteiger partial charge is 0.157 e. The maximum atomic E-state index is 11.2. The van der Waals surface area contributed by atoms with E-state index in [-0.39, 0.29) is 0 Å². The average Bonchev–Trinajstić information content (AvgIpc) is 2.16. The van der Waals surface area contributed by atoms with Crippen LogP contribution in [0.1, 0.15) is 19.4 Å². The number of hydrogen-bond donors (Lipinski definition) is 1. The maximum absolute atomic E-state index is 11.2. The van der Waals surface area contributed by atoms with Gasteiger partial charge in [0.1, 0.15) is 0 Å². The Labute approximate surface area is 98.4 Å². The number of halogens is 1. The molecule has 0 aliphatic rings. The molecule has 1 aromatic rings. The summed E-state index contributed by atoms with van der Waals surface area (Å²) in [5, 5.41) is 6.03. The van der Waals surface area contributed by atoms with Gasteiger partial charge in [0.2, 0.25) is 0 Å². The molecule has 0 amide bonds. The van der Waals surface area contributed by atoms with Crippen LogP contribution in [0.2, 0.25) is 5.02 Å². The maximum Gasteiger partial charge on any atom is 0.157 e. The fourth-order valence-electron chi connectivity index (χ4n) is 0.968. The molecule has 1 atom stereocenters. The van der Waals surface area contributed by atoms with Gasteiger partial charge >= 0.3 is 0 Å². The van der Waals surface area contributed by atoms with Crippen LogP contribution in [0.4, 0.5) is 0 Å². The van der Waals surface area contributed by atoms with E-state index in [1.807, 2.05) is 50.3 Å². The Morgan fingerprint density at radius 2 is 2.00 bits per heavy atom. The van der Waals surface area contributed by atoms with E-state index >= 15 is 0 Å². The van der Waals surface area contributed by atoms with Gasteiger partial charge in [-0.05, 0) is 31.6 Å². The Balaban J connectivity index is 2.87. The summed E-state index contributed by atoms with van der Waals surface area (Å²) in [7, 11) is 0. The minimum Gasteiger partial charge on any atom is -0.598 e. The van der Waals surface area contributed by atoms with Crippen molar-refractivity contribution in [3.05, 3.63) is 40.9 Å². The summed E-state index contributed by atoms with van der Waals surface area (Å²) in [4.78, 5) is 0. The van der Waals surface area contributed by atoms with Gasteiger partial charge in [-0.25, -0.2) is 0 Å². The highest BCUT2D eigenvalue weighted by molar-refractivity contribution is 7.90. The van der Waals surface area contributed by atoms with Crippen molar-refractivity contribution >= 4 is 29.0 Å². The highest BCUT2D eigenvalue weighted by atomic mass is 35.5. The molecule has 0 fully saturated rings. The Morgan fingerprint density at radius 3 is 2.53 bits per heavy atom. The topological polar surface area (TPSA) is 49.1 Å². The molecule has 1 rings (SSSR count). The minimum absolute atomic E-state index is 0.542. The lowest BCUT2D eigenvalue weighted by Crippen LogP contribution is -2.35. The fourth-order valence-corrected chi connectivity index (χ4v) is 1.37. The summed E-state index contributed by atoms with van der Waals surface area (Å²) < 4.78 is 10.6. The molecule has 0 saturated heterocycles. The summed E-state index contributed by atoms with van der Waals surface area (Å²) in [6, 6.07) is 7.48. The van der Waals surface area contributed by atoms with Crippen molar-refractivity contribution < 1.29 is 4.55 Å². The second kappa shape index (κ2) is 5.03. The van der Waals surface area contributed by atoms with Gasteiger partial charge in [0.05, 0.1) is 0 Å². The molecular weight excluding hydrogens is 230 g/mol. The van der Waals surface area contributed by atoms with Crippen molar-refractivity contribution in [1.29, 1.82) is 0 Å². The van der Waals surface area contributed by atoms with E-state index in [0.717, 1.165) is 5.56 Å². The molecule has 2 N–H and O–H groups in total. The largest absolute Gasteiger partial charge is 0.598 e. The van der Waals surface area contributed by atoms with Crippen molar-refractivity contribution in [3.8, 4) is 0 Å². The van der Waals surface area contributed by atoms with Gasteiger partial charge in [-0.3, -0.25) is 0 Å². The molecule has 0 heterocycles. The van der Waals surface area contributed by atoms with Crippen LogP contribution in [-0.2, 0) is 11.4 Å². The molecule has 0 saturated carbocycles. The van der Waals surface area contributed by atoms with Crippen LogP contribution in [0.25, 0.3) is 6.08 Å². The van der Waals surface area contributed by atoms with Crippen molar-refractivity contribution in [1.82, 2.24) is 0 Å². The molecule has 0 aliphatic carbocycles. The van der Waals surface area contributed by atoms with Crippen LogP contribution in [0, 0.1) is 0 Å². The van der Waals surface area contributed by atoms with Gasteiger partial charge in [0.15, 0.2) is 4.75 Å². The first-order valence-electron chi connectivity index (χ1n) is 4.53. The summed E-state index contributed by atoms with van der Waals surface area (Å²) in [6.45, 7) is 3.63. The number of hydrogen-bond acceptors (Lipinski definition) is 2. The van der Waals surface area contributed by atoms with E-state index in [1.54, 1.807) is 0 Å². The lowest BCUT2D eigenvalue weighted by atomic mass is 10.1. The molecule has 1 aromatic carbocycles. The van der Waals surface area contributed by atoms with Gasteiger partial charge in [0.25, 0.3) is 0 Å². The molecular formula is C11H14ClNOS. The van der Waals surface area contributed by atoms with Crippen LogP contribution in [-0.4, -0.2) is 9.30 Å². The molecule has 0 aromatic heterocycles. The average molecular weight is 244 g/mol. The Morgan fingerprint density at radius 1 is 1.40 bits per heavy atom. The molecule has 0 aliphatic heterocycles. The Bertz CT molecular complexity index is 363. The second-order valence-electron chi connectivity index (χ2n) is 3.76. The van der Waals surface area contributed by atoms with E-state index in [1.165, 1.54) is 0 Å². The number of nitrogens with two attached hydrogens (primary N) is 1. The van der Waals surface area contributed by atoms with Crippen LogP contribution in [0.5, 0.6) is 0 Å². The zero-order valence-corrected chi connectivity index (χ0v) is 10.3. The van der Waals surface area contributed by atoms with Crippen molar-refractivity contribution in [2.24, 2.45) is 5.14 Å². The van der Waals surface area contributed by atoms with Gasteiger partial charge in [-0.2, -0.15) is 5.14 Å². The van der Waals surface area contributed by atoms with Gasteiger partial charge in [-0.1, -0.05) is 35.9 Å². The summed E-state index contributed by atoms with van der Waals surface area (Å²) >= 11 is 4.59. The van der Waals surface area contributed by atoms with Gasteiger partial charge in [0, 0.05) is 16.4 Å². The lowest BCUT2D eigenvalue weighted by Gasteiger charge is -2.20. The van der Waals surface area contributed by atoms with Crippen LogP contribution in [0.15, 0.2) is 30.3 Å². The fraction of sp³-hybridized carbons (Fsp3) is 0.273. The third kappa shape index (κ3) is 3.54. The summed E-state index contributed by atoms with van der Waals surface area (Å²) in [5.74, 6) is 0. The molecule has 4 heteroatoms. The standard InChI is InChI=1S/C11H14ClNOS/c1-11(2,15(13)14)8-7-9-5-3-4-6-10(9)12/h3-8H,13H2,1-2H3. The number of benzene rings is 1. The molecule has 2 nitrogen and oxygen atoms in total. The van der Waals surface area contributed by atoms with E-state index in [9.17, 15) is 4.55 Å². The Hall–Kier alpha value is -0.480. The zero-order chi connectivity index (χ0) is 11.5. The lowest BCUT2D eigenvalue weighted by molar-refractivity contribution is 0.573. The zero-order valence-electron chi connectivity index (χ0n) is 8.74. The molecule has 0 radical (unpaired) electrons. The highest BCUT2D eigenvalue weighted by Crippen LogP contribution is 2.20. The Kier molecular flexibility index (Phi) is 4.22. The predicted molar refractivity (Wildman–Crippen MR) is 66.9 cm³/mol. The molecule has 0 spiro atoms. The van der Waals surface area contributed by atoms with E-state index < -0.39 is 16.1 Å². The predicted octanol–water partition coefficient (Wildman–Crippen LogP) is 2.75. The van der Waals surface area contributed by atoms with Crippen molar-refractivity contribution in [2.45, 2.75) is 18.6 Å². The molecule has 1 unspecified atom stereocenters. The van der Waals surface area contributed by atoms with Crippen LogP contribution >= 0.6 is 11.6 Å². The quantitative estimate of drug-likeness (QED) is 0.830. The van der Waals surface area contributed by atoms with E-state index in [2.05, 4.69) is 0 Å². The first kappa shape index (κ1) is 12.6. The van der Waals surface area contributed by atoms with Gasteiger partial charge < -0.3 is 4.55 Å².